The molecule has 0 saturated carbocycles. The summed E-state index contributed by atoms with van der Waals surface area (Å²) >= 11 is 0. The quantitative estimate of drug-likeness (QED) is 0.497. The molecule has 7 heavy (non-hydrogen) atoms. The molecule has 0 aliphatic heterocycles. The Morgan fingerprint density at radius 2 is 1.29 bits per heavy atom. The Labute approximate surface area is 46.9 Å². The van der Waals surface area contributed by atoms with E-state index in [0.29, 0.717) is 6.04 Å². The van der Waals surface area contributed by atoms with E-state index in [1.54, 1.807) is 0 Å². The van der Waals surface area contributed by atoms with Crippen molar-refractivity contribution >= 4 is 0 Å². The molecule has 0 heterocycles. The minimum absolute atomic E-state index is 0.333. The normalized spacial score (nSPS) is 7.71. The van der Waals surface area contributed by atoms with Gasteiger partial charge >= 0.3 is 0 Å². The van der Waals surface area contributed by atoms with Crippen LogP contribution in [0, 0.1) is 0 Å². The van der Waals surface area contributed by atoms with Crippen molar-refractivity contribution in [2.45, 2.75) is 40.2 Å². The maximum Gasteiger partial charge on any atom is -0.00179 e. The lowest BCUT2D eigenvalue weighted by Gasteiger charge is -1.81. The molecule has 0 spiro atoms. The summed E-state index contributed by atoms with van der Waals surface area (Å²) in [6.07, 6.45) is 1.25. The monoisotopic (exact) mass is 103 g/mol. The molecule has 0 aromatic carbocycles. The first-order valence-electron chi connectivity index (χ1n) is 2.90. The Morgan fingerprint density at radius 3 is 1.29 bits per heavy atom. The van der Waals surface area contributed by atoms with Gasteiger partial charge in [-0.25, -0.2) is 0 Å². The van der Waals surface area contributed by atoms with Gasteiger partial charge in [0.1, 0.15) is 0 Å². The fraction of sp³-hybridized carbons (Fsp3) is 1.00. The molecule has 0 radical (unpaired) electrons. The third kappa shape index (κ3) is 58400. The zero-order valence-electron chi connectivity index (χ0n) is 5.86. The van der Waals surface area contributed by atoms with Crippen molar-refractivity contribution in [1.82, 2.24) is 0 Å². The first kappa shape index (κ1) is 10.0. The second kappa shape index (κ2) is 9.35. The minimum Gasteiger partial charge on any atom is -0.328 e. The Hall–Kier alpha value is -0.0400. The highest BCUT2D eigenvalue weighted by atomic mass is 14.6. The van der Waals surface area contributed by atoms with Crippen LogP contribution in [0.2, 0.25) is 0 Å². The first-order chi connectivity index (χ1) is 3.15. The van der Waals surface area contributed by atoms with Crippen LogP contribution >= 0.6 is 0 Å². The zero-order valence-corrected chi connectivity index (χ0v) is 5.86. The molecule has 46 valence electrons. The van der Waals surface area contributed by atoms with Gasteiger partial charge in [0.05, 0.1) is 0 Å². The lowest BCUT2D eigenvalue weighted by atomic mass is 10.5. The highest BCUT2D eigenvalue weighted by Crippen LogP contribution is 1.58. The first-order valence-corrected chi connectivity index (χ1v) is 2.90. The molecule has 2 N–H and O–H groups in total. The predicted octanol–water partition coefficient (Wildman–Crippen LogP) is 1.77. The third-order valence-electron chi connectivity index (χ3n) is 0. The largest absolute Gasteiger partial charge is 0.328 e. The maximum absolute atomic E-state index is 5.11. The maximum atomic E-state index is 5.11. The third-order valence-corrected chi connectivity index (χ3v) is 0. The molecule has 0 aromatic heterocycles. The molecule has 0 aliphatic carbocycles. The van der Waals surface area contributed by atoms with Gasteiger partial charge < -0.3 is 5.73 Å². The van der Waals surface area contributed by atoms with Gasteiger partial charge in [-0.2, -0.15) is 0 Å². The molecule has 0 saturated heterocycles. The average molecular weight is 103 g/mol. The van der Waals surface area contributed by atoms with E-state index in [-0.39, 0.29) is 0 Å². The number of nitrogens with two attached hydrogens (primary N) is 1. The smallest absolute Gasteiger partial charge is 0.00179 e. The van der Waals surface area contributed by atoms with Gasteiger partial charge in [-0.05, 0) is 6.04 Å². The lowest BCUT2D eigenvalue weighted by molar-refractivity contribution is 0.834. The number of hydrogen-bond donors (Lipinski definition) is 1. The van der Waals surface area contributed by atoms with Gasteiger partial charge in [-0.3, -0.25) is 0 Å². The van der Waals surface area contributed by atoms with Gasteiger partial charge in [0.15, 0.2) is 0 Å². The van der Waals surface area contributed by atoms with Crippen LogP contribution in [-0.2, 0) is 0 Å². The van der Waals surface area contributed by atoms with E-state index in [9.17, 15) is 0 Å². The van der Waals surface area contributed by atoms with E-state index in [0.717, 1.165) is 0 Å². The van der Waals surface area contributed by atoms with Crippen molar-refractivity contribution in [3.63, 3.8) is 0 Å². The summed E-state index contributed by atoms with van der Waals surface area (Å²) < 4.78 is 0. The van der Waals surface area contributed by atoms with Gasteiger partial charge in [-0.15, -0.1) is 0 Å². The van der Waals surface area contributed by atoms with Crippen molar-refractivity contribution in [2.24, 2.45) is 5.73 Å². The Balaban J connectivity index is 0. The second-order valence-electron chi connectivity index (χ2n) is 1.95. The molecule has 0 amide bonds. The topological polar surface area (TPSA) is 26.0 Å². The fourth-order valence-corrected chi connectivity index (χ4v) is 0. The fourth-order valence-electron chi connectivity index (χ4n) is 0. The van der Waals surface area contributed by atoms with E-state index < -0.39 is 0 Å². The van der Waals surface area contributed by atoms with E-state index in [1.165, 1.54) is 6.42 Å². The summed E-state index contributed by atoms with van der Waals surface area (Å²) in [7, 11) is 0. The van der Waals surface area contributed by atoms with Crippen LogP contribution in [0.25, 0.3) is 0 Å². The molecular formula is C6H17N. The molecule has 0 fully saturated rings. The zero-order chi connectivity index (χ0) is 6.28. The van der Waals surface area contributed by atoms with E-state index >= 15 is 0 Å². The van der Waals surface area contributed by atoms with E-state index in [1.807, 2.05) is 13.8 Å². The summed E-state index contributed by atoms with van der Waals surface area (Å²) in [6.45, 7) is 8.14. The molecule has 0 aliphatic rings. The van der Waals surface area contributed by atoms with Gasteiger partial charge in [0, 0.05) is 0 Å². The van der Waals surface area contributed by atoms with E-state index in [4.69, 9.17) is 5.73 Å². The summed E-state index contributed by atoms with van der Waals surface area (Å²) in [5, 5.41) is 0. The minimum atomic E-state index is 0.333. The second-order valence-corrected chi connectivity index (χ2v) is 1.95. The molecule has 0 aromatic rings. The van der Waals surface area contributed by atoms with Crippen LogP contribution in [0.15, 0.2) is 0 Å². The van der Waals surface area contributed by atoms with Gasteiger partial charge in [0.25, 0.3) is 0 Å². The summed E-state index contributed by atoms with van der Waals surface area (Å²) in [5.41, 5.74) is 5.11. The van der Waals surface area contributed by atoms with Crippen molar-refractivity contribution in [3.05, 3.63) is 0 Å². The van der Waals surface area contributed by atoms with Crippen LogP contribution in [0.5, 0.6) is 0 Å². The Kier molecular flexibility index (Phi) is 13.4. The molecular weight excluding hydrogens is 86.1 g/mol. The summed E-state index contributed by atoms with van der Waals surface area (Å²) in [4.78, 5) is 0. The van der Waals surface area contributed by atoms with Crippen molar-refractivity contribution in [3.8, 4) is 0 Å². The number of rotatable bonds is 0. The molecule has 1 nitrogen and oxygen atoms in total. The molecule has 0 bridgehead atoms. The summed E-state index contributed by atoms with van der Waals surface area (Å²) in [6, 6.07) is 0.333. The van der Waals surface area contributed by atoms with Crippen molar-refractivity contribution in [1.29, 1.82) is 0 Å². The SMILES string of the molecule is CC(C)N.CCC. The van der Waals surface area contributed by atoms with Crippen LogP contribution in [-0.4, -0.2) is 6.04 Å². The molecule has 1 heteroatoms. The average Bonchev–Trinajstić information content (AvgIpc) is 1.33. The lowest BCUT2D eigenvalue weighted by Crippen LogP contribution is -2.06. The highest BCUT2D eigenvalue weighted by molar-refractivity contribution is 4.32. The molecule has 0 rings (SSSR count). The van der Waals surface area contributed by atoms with Crippen LogP contribution in [0.1, 0.15) is 34.1 Å². The van der Waals surface area contributed by atoms with Crippen molar-refractivity contribution < 1.29 is 0 Å². The number of hydrogen-bond acceptors (Lipinski definition) is 1. The Bertz CT molecular complexity index is 15.4. The molecule has 0 unspecified atom stereocenters. The van der Waals surface area contributed by atoms with E-state index in [2.05, 4.69) is 13.8 Å². The Morgan fingerprint density at radius 1 is 1.29 bits per heavy atom. The summed E-state index contributed by atoms with van der Waals surface area (Å²) in [5.74, 6) is 0. The van der Waals surface area contributed by atoms with Crippen LogP contribution in [0.3, 0.4) is 0 Å². The predicted molar refractivity (Wildman–Crippen MR) is 35.3 cm³/mol. The van der Waals surface area contributed by atoms with Crippen molar-refractivity contribution in [2.75, 3.05) is 0 Å². The van der Waals surface area contributed by atoms with Crippen LogP contribution < -0.4 is 5.73 Å². The van der Waals surface area contributed by atoms with Crippen LogP contribution in [0.4, 0.5) is 0 Å². The van der Waals surface area contributed by atoms with Gasteiger partial charge in [-0.1, -0.05) is 34.1 Å². The standard InChI is InChI=1S/C3H9N.C3H8/c1-3(2)4;1-3-2/h3H,4H2,1-2H3;3H2,1-2H3. The highest BCUT2D eigenvalue weighted by Gasteiger charge is 1.67. The van der Waals surface area contributed by atoms with Gasteiger partial charge in [0.2, 0.25) is 0 Å². The molecule has 0 atom stereocenters.